The molecule has 0 nitrogen and oxygen atoms in total. The van der Waals surface area contributed by atoms with Gasteiger partial charge in [0.15, 0.2) is 0 Å². The molecule has 3 aliphatic carbocycles. The Labute approximate surface area is 230 Å². The summed E-state index contributed by atoms with van der Waals surface area (Å²) in [6.45, 7) is 0. The third-order valence-electron chi connectivity index (χ3n) is 9.61. The van der Waals surface area contributed by atoms with E-state index in [0.29, 0.717) is 0 Å². The molecule has 3 aromatic carbocycles. The van der Waals surface area contributed by atoms with Crippen molar-refractivity contribution in [3.63, 3.8) is 0 Å². The van der Waals surface area contributed by atoms with Crippen LogP contribution in [0.5, 0.6) is 0 Å². The van der Waals surface area contributed by atoms with E-state index in [1.165, 1.54) is 96.3 Å². The van der Waals surface area contributed by atoms with Gasteiger partial charge in [-0.05, 0) is 0 Å². The normalized spacial score (nSPS) is 20.4. The Bertz CT molecular complexity index is 998. The van der Waals surface area contributed by atoms with E-state index in [4.69, 9.17) is 0 Å². The molecule has 0 aromatic heterocycles. The van der Waals surface area contributed by atoms with Crippen LogP contribution >= 0.6 is 0 Å². The third-order valence-corrected chi connectivity index (χ3v) is 14.6. The van der Waals surface area contributed by atoms with Crippen LogP contribution in [0.15, 0.2) is 72.8 Å². The van der Waals surface area contributed by atoms with Crippen molar-refractivity contribution >= 4 is 27.7 Å². The zero-order valence-electron chi connectivity index (χ0n) is 22.7. The topological polar surface area (TPSA) is 0 Å². The summed E-state index contributed by atoms with van der Waals surface area (Å²) in [5, 5.41) is 0. The fourth-order valence-electron chi connectivity index (χ4n) is 7.51. The van der Waals surface area contributed by atoms with E-state index < -0.39 is 14.7 Å². The van der Waals surface area contributed by atoms with E-state index >= 15 is 0 Å². The van der Waals surface area contributed by atoms with Gasteiger partial charge in [0.05, 0.1) is 0 Å². The van der Waals surface area contributed by atoms with Crippen molar-refractivity contribution < 1.29 is 0 Å². The standard InChI is InChI=1S/C36H45As/c1-4-13-28(14-5-1)31-19-10-22-34(25-31)37(35-23-11-20-32(26-35)29-15-6-2-7-16-29)36-24-12-21-33(27-36)30-17-8-3-9-18-30/h10-12,19-30H,1-9,13-18H2. The SMILES string of the molecule is c1cc(C2CCCCC2)cc([As](c2cccc(C3CCCCC3)c2)c2cccc(C3CCCCC3)c2)c1. The van der Waals surface area contributed by atoms with E-state index in [1.54, 1.807) is 29.7 Å². The molecule has 0 bridgehead atoms. The van der Waals surface area contributed by atoms with Crippen molar-refractivity contribution in [3.8, 4) is 0 Å². The second-order valence-corrected chi connectivity index (χ2v) is 16.8. The zero-order chi connectivity index (χ0) is 24.9. The molecule has 1 heteroatoms. The summed E-state index contributed by atoms with van der Waals surface area (Å²) < 4.78 is 4.91. The van der Waals surface area contributed by atoms with Gasteiger partial charge in [0.25, 0.3) is 0 Å². The monoisotopic (exact) mass is 552 g/mol. The summed E-state index contributed by atoms with van der Waals surface area (Å²) >= 11 is -1.65. The molecule has 0 N–H and O–H groups in total. The molecule has 0 spiro atoms. The van der Waals surface area contributed by atoms with Crippen LogP contribution in [0.25, 0.3) is 0 Å². The maximum atomic E-state index is 2.65. The minimum atomic E-state index is -1.65. The van der Waals surface area contributed by atoms with Gasteiger partial charge >= 0.3 is 231 Å². The van der Waals surface area contributed by atoms with Crippen LogP contribution in [0.2, 0.25) is 0 Å². The Morgan fingerprint density at radius 3 is 0.973 bits per heavy atom. The predicted octanol–water partition coefficient (Wildman–Crippen LogP) is 8.35. The van der Waals surface area contributed by atoms with Crippen molar-refractivity contribution in [2.45, 2.75) is 114 Å². The molecule has 6 rings (SSSR count). The molecule has 0 unspecified atom stereocenters. The fourth-order valence-corrected chi connectivity index (χ4v) is 12.6. The Morgan fingerprint density at radius 2 is 0.676 bits per heavy atom. The summed E-state index contributed by atoms with van der Waals surface area (Å²) in [6, 6.07) is 29.8. The molecular formula is C36H45As. The van der Waals surface area contributed by atoms with E-state index in [9.17, 15) is 0 Å². The van der Waals surface area contributed by atoms with Crippen LogP contribution in [-0.4, -0.2) is 14.7 Å². The second-order valence-electron chi connectivity index (χ2n) is 12.1. The van der Waals surface area contributed by atoms with Gasteiger partial charge in [0.2, 0.25) is 0 Å². The molecule has 0 saturated heterocycles. The average Bonchev–Trinajstić information content (AvgIpc) is 2.99. The summed E-state index contributed by atoms with van der Waals surface area (Å²) in [7, 11) is 0. The fraction of sp³-hybridized carbons (Fsp3) is 0.500. The van der Waals surface area contributed by atoms with Crippen LogP contribution in [-0.2, 0) is 0 Å². The molecule has 3 fully saturated rings. The maximum absolute atomic E-state index is 2.65. The Morgan fingerprint density at radius 1 is 0.378 bits per heavy atom. The first kappa shape index (κ1) is 25.5. The summed E-state index contributed by atoms with van der Waals surface area (Å²) in [4.78, 5) is 0. The Balaban J connectivity index is 1.40. The average molecular weight is 553 g/mol. The Kier molecular flexibility index (Phi) is 8.53. The van der Waals surface area contributed by atoms with Crippen molar-refractivity contribution in [1.82, 2.24) is 0 Å². The Hall–Kier alpha value is -1.78. The third kappa shape index (κ3) is 6.11. The van der Waals surface area contributed by atoms with Gasteiger partial charge in [-0.25, -0.2) is 0 Å². The van der Waals surface area contributed by atoms with Crippen molar-refractivity contribution in [1.29, 1.82) is 0 Å². The van der Waals surface area contributed by atoms with Gasteiger partial charge in [-0.2, -0.15) is 0 Å². The molecule has 0 amide bonds. The van der Waals surface area contributed by atoms with Crippen LogP contribution in [0.3, 0.4) is 0 Å². The molecule has 37 heavy (non-hydrogen) atoms. The van der Waals surface area contributed by atoms with E-state index in [0.717, 1.165) is 17.8 Å². The predicted molar refractivity (Wildman–Crippen MR) is 161 cm³/mol. The van der Waals surface area contributed by atoms with Gasteiger partial charge < -0.3 is 0 Å². The van der Waals surface area contributed by atoms with Crippen LogP contribution in [0.1, 0.15) is 131 Å². The number of benzene rings is 3. The molecule has 3 aromatic rings. The van der Waals surface area contributed by atoms with Gasteiger partial charge in [-0.15, -0.1) is 0 Å². The van der Waals surface area contributed by atoms with Crippen LogP contribution in [0.4, 0.5) is 0 Å². The van der Waals surface area contributed by atoms with E-state index in [-0.39, 0.29) is 0 Å². The first-order valence-electron chi connectivity index (χ1n) is 15.5. The minimum absolute atomic E-state index is 0.770. The second kappa shape index (κ2) is 12.4. The van der Waals surface area contributed by atoms with Gasteiger partial charge in [-0.3, -0.25) is 0 Å². The molecule has 3 saturated carbocycles. The summed E-state index contributed by atoms with van der Waals surface area (Å²) in [6.07, 6.45) is 21.0. The van der Waals surface area contributed by atoms with Gasteiger partial charge in [-0.1, -0.05) is 0 Å². The summed E-state index contributed by atoms with van der Waals surface area (Å²) in [5.74, 6) is 2.31. The van der Waals surface area contributed by atoms with Gasteiger partial charge in [0.1, 0.15) is 0 Å². The van der Waals surface area contributed by atoms with Crippen molar-refractivity contribution in [2.24, 2.45) is 0 Å². The molecular weight excluding hydrogens is 507 g/mol. The first-order valence-corrected chi connectivity index (χ1v) is 18.3. The zero-order valence-corrected chi connectivity index (χ0v) is 24.6. The molecule has 194 valence electrons. The van der Waals surface area contributed by atoms with Crippen LogP contribution in [0, 0.1) is 0 Å². The number of hydrogen-bond acceptors (Lipinski definition) is 0. The van der Waals surface area contributed by atoms with Crippen LogP contribution < -0.4 is 13.1 Å². The molecule has 0 heterocycles. The molecule has 0 atom stereocenters. The number of rotatable bonds is 6. The molecule has 0 radical (unpaired) electrons. The van der Waals surface area contributed by atoms with Gasteiger partial charge in [0, 0.05) is 0 Å². The molecule has 3 aliphatic rings. The first-order chi connectivity index (χ1) is 18.3. The van der Waals surface area contributed by atoms with Crippen molar-refractivity contribution in [2.75, 3.05) is 0 Å². The van der Waals surface area contributed by atoms with Crippen molar-refractivity contribution in [3.05, 3.63) is 89.5 Å². The molecule has 0 aliphatic heterocycles. The quantitative estimate of drug-likeness (QED) is 0.270. The number of hydrogen-bond donors (Lipinski definition) is 0. The van der Waals surface area contributed by atoms with E-state index in [2.05, 4.69) is 72.8 Å². The summed E-state index contributed by atoms with van der Waals surface area (Å²) in [5.41, 5.74) is 4.84. The van der Waals surface area contributed by atoms with E-state index in [1.807, 2.05) is 0 Å².